The van der Waals surface area contributed by atoms with Gasteiger partial charge in [-0.15, -0.1) is 0 Å². The molecule has 0 amide bonds. The normalized spacial score (nSPS) is 15.8. The third-order valence-electron chi connectivity index (χ3n) is 3.63. The summed E-state index contributed by atoms with van der Waals surface area (Å²) in [5.41, 5.74) is 1.80. The van der Waals surface area contributed by atoms with Crippen LogP contribution in [0.25, 0.3) is 10.9 Å². The molecule has 0 spiro atoms. The van der Waals surface area contributed by atoms with E-state index in [-0.39, 0.29) is 11.7 Å². The van der Waals surface area contributed by atoms with Gasteiger partial charge in [0.1, 0.15) is 5.75 Å². The number of hydrogen-bond acceptors (Lipinski definition) is 2. The van der Waals surface area contributed by atoms with Crippen LogP contribution in [0.5, 0.6) is 5.75 Å². The average molecular weight is 229 g/mol. The molecule has 1 aliphatic rings. The maximum absolute atomic E-state index is 12.2. The first kappa shape index (κ1) is 10.4. The number of H-pyrrole nitrogens is 1. The van der Waals surface area contributed by atoms with Gasteiger partial charge in [0.2, 0.25) is 0 Å². The van der Waals surface area contributed by atoms with Gasteiger partial charge >= 0.3 is 0 Å². The number of rotatable bonds is 3. The van der Waals surface area contributed by atoms with Crippen molar-refractivity contribution in [2.45, 2.75) is 19.3 Å². The van der Waals surface area contributed by atoms with Crippen LogP contribution in [-0.4, -0.2) is 17.9 Å². The summed E-state index contributed by atoms with van der Waals surface area (Å²) in [6.45, 7) is 0. The summed E-state index contributed by atoms with van der Waals surface area (Å²) in [4.78, 5) is 15.4. The molecular weight excluding hydrogens is 214 g/mol. The molecule has 1 heterocycles. The number of benzene rings is 1. The van der Waals surface area contributed by atoms with Crippen LogP contribution in [0.15, 0.2) is 24.4 Å². The van der Waals surface area contributed by atoms with E-state index in [0.717, 1.165) is 35.1 Å². The predicted molar refractivity (Wildman–Crippen MR) is 66.5 cm³/mol. The lowest BCUT2D eigenvalue weighted by Gasteiger charge is -2.23. The van der Waals surface area contributed by atoms with Crippen LogP contribution >= 0.6 is 0 Å². The molecule has 0 unspecified atom stereocenters. The first-order chi connectivity index (χ1) is 8.29. The van der Waals surface area contributed by atoms with E-state index in [1.54, 1.807) is 7.11 Å². The Balaban J connectivity index is 2.06. The second kappa shape index (κ2) is 3.91. The van der Waals surface area contributed by atoms with Gasteiger partial charge < -0.3 is 9.72 Å². The zero-order valence-corrected chi connectivity index (χ0v) is 9.82. The summed E-state index contributed by atoms with van der Waals surface area (Å²) in [7, 11) is 1.64. The minimum absolute atomic E-state index is 0.236. The number of methoxy groups -OCH3 is 1. The van der Waals surface area contributed by atoms with Crippen LogP contribution in [0.1, 0.15) is 29.6 Å². The molecule has 1 aromatic carbocycles. The molecular formula is C14H15NO2. The SMILES string of the molecule is COc1ccc2[nH]cc(C(=O)C3CCC3)c2c1. The molecule has 1 saturated carbocycles. The predicted octanol–water partition coefficient (Wildman–Crippen LogP) is 3.16. The minimum atomic E-state index is 0.236. The lowest BCUT2D eigenvalue weighted by molar-refractivity contribution is 0.0857. The van der Waals surface area contributed by atoms with Crippen molar-refractivity contribution in [1.29, 1.82) is 0 Å². The van der Waals surface area contributed by atoms with Gasteiger partial charge in [0.05, 0.1) is 7.11 Å². The summed E-state index contributed by atoms with van der Waals surface area (Å²) < 4.78 is 5.20. The molecule has 0 bridgehead atoms. The Morgan fingerprint density at radius 3 is 2.88 bits per heavy atom. The Morgan fingerprint density at radius 1 is 1.41 bits per heavy atom. The summed E-state index contributed by atoms with van der Waals surface area (Å²) in [5.74, 6) is 1.30. The van der Waals surface area contributed by atoms with Crippen LogP contribution in [0, 0.1) is 5.92 Å². The molecule has 1 aliphatic carbocycles. The van der Waals surface area contributed by atoms with Crippen molar-refractivity contribution < 1.29 is 9.53 Å². The molecule has 2 aromatic rings. The van der Waals surface area contributed by atoms with E-state index in [1.165, 1.54) is 6.42 Å². The molecule has 0 atom stereocenters. The zero-order chi connectivity index (χ0) is 11.8. The lowest BCUT2D eigenvalue weighted by atomic mass is 9.80. The van der Waals surface area contributed by atoms with Gasteiger partial charge in [0, 0.05) is 28.6 Å². The molecule has 3 rings (SSSR count). The molecule has 1 fully saturated rings. The van der Waals surface area contributed by atoms with Crippen molar-refractivity contribution in [3.05, 3.63) is 30.0 Å². The summed E-state index contributed by atoms with van der Waals surface area (Å²) in [5, 5.41) is 0.973. The van der Waals surface area contributed by atoms with Crippen molar-refractivity contribution >= 4 is 16.7 Å². The van der Waals surface area contributed by atoms with Gasteiger partial charge in [-0.2, -0.15) is 0 Å². The van der Waals surface area contributed by atoms with E-state index in [2.05, 4.69) is 4.98 Å². The van der Waals surface area contributed by atoms with Crippen LogP contribution in [-0.2, 0) is 0 Å². The lowest BCUT2D eigenvalue weighted by Crippen LogP contribution is -2.21. The van der Waals surface area contributed by atoms with Crippen LogP contribution in [0.2, 0.25) is 0 Å². The Morgan fingerprint density at radius 2 is 2.24 bits per heavy atom. The number of hydrogen-bond donors (Lipinski definition) is 1. The maximum Gasteiger partial charge on any atom is 0.168 e. The highest BCUT2D eigenvalue weighted by atomic mass is 16.5. The van der Waals surface area contributed by atoms with Crippen molar-refractivity contribution in [3.8, 4) is 5.75 Å². The number of ketones is 1. The number of carbonyl (C=O) groups is 1. The van der Waals surface area contributed by atoms with Gasteiger partial charge in [0.25, 0.3) is 0 Å². The molecule has 88 valence electrons. The number of aromatic nitrogens is 1. The van der Waals surface area contributed by atoms with Crippen LogP contribution in [0.4, 0.5) is 0 Å². The topological polar surface area (TPSA) is 42.1 Å². The highest BCUT2D eigenvalue weighted by Crippen LogP contribution is 2.33. The highest BCUT2D eigenvalue weighted by Gasteiger charge is 2.27. The molecule has 0 aliphatic heterocycles. The fourth-order valence-corrected chi connectivity index (χ4v) is 2.32. The Hall–Kier alpha value is -1.77. The Bertz CT molecular complexity index is 567. The van der Waals surface area contributed by atoms with E-state index in [1.807, 2.05) is 24.4 Å². The quantitative estimate of drug-likeness (QED) is 0.821. The van der Waals surface area contributed by atoms with E-state index >= 15 is 0 Å². The maximum atomic E-state index is 12.2. The number of carbonyl (C=O) groups excluding carboxylic acids is 1. The number of ether oxygens (including phenoxy) is 1. The Kier molecular flexibility index (Phi) is 2.39. The first-order valence-corrected chi connectivity index (χ1v) is 5.99. The standard InChI is InChI=1S/C14H15NO2/c1-17-10-5-6-13-11(7-10)12(8-15-13)14(16)9-3-2-4-9/h5-9,15H,2-4H2,1H3. The third kappa shape index (κ3) is 1.62. The van der Waals surface area contributed by atoms with E-state index in [9.17, 15) is 4.79 Å². The smallest absolute Gasteiger partial charge is 0.168 e. The Labute approximate surface area is 99.8 Å². The largest absolute Gasteiger partial charge is 0.497 e. The van der Waals surface area contributed by atoms with Crippen LogP contribution in [0.3, 0.4) is 0 Å². The number of nitrogens with one attached hydrogen (secondary N) is 1. The average Bonchev–Trinajstić information content (AvgIpc) is 2.68. The molecule has 0 radical (unpaired) electrons. The van der Waals surface area contributed by atoms with Gasteiger partial charge in [-0.25, -0.2) is 0 Å². The van der Waals surface area contributed by atoms with Gasteiger partial charge in [-0.05, 0) is 31.0 Å². The first-order valence-electron chi connectivity index (χ1n) is 5.99. The molecule has 17 heavy (non-hydrogen) atoms. The molecule has 0 saturated heterocycles. The van der Waals surface area contributed by atoms with Gasteiger partial charge in [-0.3, -0.25) is 4.79 Å². The summed E-state index contributed by atoms with van der Waals surface area (Å²) >= 11 is 0. The minimum Gasteiger partial charge on any atom is -0.497 e. The number of Topliss-reactive ketones (excluding diaryl/α,β-unsaturated/α-hetero) is 1. The van der Waals surface area contributed by atoms with Gasteiger partial charge in [-0.1, -0.05) is 6.42 Å². The highest BCUT2D eigenvalue weighted by molar-refractivity contribution is 6.09. The van der Waals surface area contributed by atoms with E-state index in [4.69, 9.17) is 4.74 Å². The van der Waals surface area contributed by atoms with Crippen molar-refractivity contribution in [2.24, 2.45) is 5.92 Å². The van der Waals surface area contributed by atoms with Crippen molar-refractivity contribution in [2.75, 3.05) is 7.11 Å². The van der Waals surface area contributed by atoms with E-state index in [0.29, 0.717) is 0 Å². The summed E-state index contributed by atoms with van der Waals surface area (Å²) in [6, 6.07) is 5.78. The second-order valence-corrected chi connectivity index (χ2v) is 4.61. The molecule has 3 nitrogen and oxygen atoms in total. The van der Waals surface area contributed by atoms with Crippen molar-refractivity contribution in [1.82, 2.24) is 4.98 Å². The molecule has 3 heteroatoms. The summed E-state index contributed by atoms with van der Waals surface area (Å²) in [6.07, 6.45) is 5.08. The van der Waals surface area contributed by atoms with E-state index < -0.39 is 0 Å². The zero-order valence-electron chi connectivity index (χ0n) is 9.82. The third-order valence-corrected chi connectivity index (χ3v) is 3.63. The second-order valence-electron chi connectivity index (χ2n) is 4.61. The van der Waals surface area contributed by atoms with Crippen molar-refractivity contribution in [3.63, 3.8) is 0 Å². The fraction of sp³-hybridized carbons (Fsp3) is 0.357. The van der Waals surface area contributed by atoms with Gasteiger partial charge in [0.15, 0.2) is 5.78 Å². The number of fused-ring (bicyclic) bond motifs is 1. The molecule has 1 aromatic heterocycles. The van der Waals surface area contributed by atoms with Crippen LogP contribution < -0.4 is 4.74 Å². The number of aromatic amines is 1. The monoisotopic (exact) mass is 229 g/mol. The molecule has 1 N–H and O–H groups in total. The fourth-order valence-electron chi connectivity index (χ4n) is 2.32.